The highest BCUT2D eigenvalue weighted by atomic mass is 32.2. The van der Waals surface area contributed by atoms with Gasteiger partial charge in [0.15, 0.2) is 0 Å². The number of aromatic hydroxyl groups is 1. The molecule has 8 nitrogen and oxygen atoms in total. The number of phenolic OH excluding ortho intramolecular Hbond substituents is 1. The molecule has 0 atom stereocenters. The smallest absolute Gasteiger partial charge is 0.240 e. The number of anilines is 1. The van der Waals surface area contributed by atoms with Crippen molar-refractivity contribution in [3.63, 3.8) is 0 Å². The van der Waals surface area contributed by atoms with Crippen LogP contribution in [0.1, 0.15) is 5.56 Å². The average Bonchev–Trinajstić information content (AvgIpc) is 2.95. The highest BCUT2D eigenvalue weighted by molar-refractivity contribution is 7.99. The van der Waals surface area contributed by atoms with Gasteiger partial charge in [0.2, 0.25) is 11.1 Å². The van der Waals surface area contributed by atoms with E-state index in [1.165, 1.54) is 24.0 Å². The maximum absolute atomic E-state index is 9.68. The van der Waals surface area contributed by atoms with Crippen molar-refractivity contribution in [1.29, 1.82) is 5.26 Å². The van der Waals surface area contributed by atoms with Gasteiger partial charge in [-0.2, -0.15) is 15.3 Å². The fourth-order valence-electron chi connectivity index (χ4n) is 1.38. The first-order valence-electron chi connectivity index (χ1n) is 5.81. The number of hydrazone groups is 1. The van der Waals surface area contributed by atoms with E-state index in [9.17, 15) is 5.11 Å². The van der Waals surface area contributed by atoms with Gasteiger partial charge in [-0.15, -0.1) is 5.10 Å². The summed E-state index contributed by atoms with van der Waals surface area (Å²) in [5.41, 5.74) is 3.15. The number of hydrogen-bond acceptors (Lipinski definition) is 8. The zero-order chi connectivity index (χ0) is 15.1. The first-order chi connectivity index (χ1) is 10.2. The molecule has 0 fully saturated rings. The molecule has 0 amide bonds. The van der Waals surface area contributed by atoms with Crippen LogP contribution in [-0.4, -0.2) is 39.4 Å². The Hall–Kier alpha value is -2.73. The number of nitrogens with one attached hydrogen (secondary N) is 2. The lowest BCUT2D eigenvalue weighted by Gasteiger charge is -2.02. The third-order valence-corrected chi connectivity index (χ3v) is 3.05. The van der Waals surface area contributed by atoms with Gasteiger partial charge in [0, 0.05) is 5.56 Å². The van der Waals surface area contributed by atoms with Crippen LogP contribution in [0.25, 0.3) is 0 Å². The minimum Gasteiger partial charge on any atom is -0.507 e. The number of phenols is 1. The molecule has 0 bridgehead atoms. The number of hydrogen-bond donors (Lipinski definition) is 3. The maximum atomic E-state index is 9.68. The molecule has 9 heteroatoms. The lowest BCUT2D eigenvalue weighted by Crippen LogP contribution is -1.93. The van der Waals surface area contributed by atoms with Gasteiger partial charge in [0.1, 0.15) is 11.5 Å². The van der Waals surface area contributed by atoms with E-state index in [4.69, 9.17) is 10.00 Å². The molecule has 0 aliphatic rings. The van der Waals surface area contributed by atoms with Crippen LogP contribution in [0.2, 0.25) is 0 Å². The summed E-state index contributed by atoms with van der Waals surface area (Å²) in [5, 5.41) is 29.1. The molecule has 21 heavy (non-hydrogen) atoms. The highest BCUT2D eigenvalue weighted by Crippen LogP contribution is 2.21. The summed E-state index contributed by atoms with van der Waals surface area (Å²) in [6.07, 6.45) is 1.43. The molecule has 0 saturated carbocycles. The zero-order valence-corrected chi connectivity index (χ0v) is 11.9. The highest BCUT2D eigenvalue weighted by Gasteiger charge is 2.03. The van der Waals surface area contributed by atoms with Crippen molar-refractivity contribution in [2.24, 2.45) is 5.10 Å². The number of aromatic nitrogens is 3. The van der Waals surface area contributed by atoms with E-state index in [1.54, 1.807) is 19.2 Å². The summed E-state index contributed by atoms with van der Waals surface area (Å²) in [6.45, 7) is 0. The van der Waals surface area contributed by atoms with Gasteiger partial charge in [-0.05, 0) is 18.2 Å². The van der Waals surface area contributed by atoms with Crippen LogP contribution in [0.15, 0.2) is 28.5 Å². The summed E-state index contributed by atoms with van der Waals surface area (Å²) in [7, 11) is 1.54. The van der Waals surface area contributed by atoms with Crippen LogP contribution in [0.5, 0.6) is 11.5 Å². The van der Waals surface area contributed by atoms with Gasteiger partial charge in [-0.1, -0.05) is 11.8 Å². The number of nitrogens with zero attached hydrogens (tertiary/aromatic N) is 4. The van der Waals surface area contributed by atoms with Crippen LogP contribution in [0, 0.1) is 11.3 Å². The first-order valence-corrected chi connectivity index (χ1v) is 6.79. The van der Waals surface area contributed by atoms with Gasteiger partial charge in [-0.25, -0.2) is 10.5 Å². The molecular formula is C12H12N6O2S. The Morgan fingerprint density at radius 1 is 1.62 bits per heavy atom. The minimum atomic E-state index is 0.0872. The molecule has 108 valence electrons. The predicted octanol–water partition coefficient (Wildman–Crippen LogP) is 1.58. The number of nitriles is 1. The second-order valence-corrected chi connectivity index (χ2v) is 4.65. The van der Waals surface area contributed by atoms with Gasteiger partial charge < -0.3 is 9.84 Å². The van der Waals surface area contributed by atoms with Crippen molar-refractivity contribution < 1.29 is 9.84 Å². The number of thioether (sulfide) groups is 1. The lowest BCUT2D eigenvalue weighted by atomic mass is 10.2. The fraction of sp³-hybridized carbons (Fsp3) is 0.167. The molecule has 0 spiro atoms. The number of ether oxygens (including phenoxy) is 1. The van der Waals surface area contributed by atoms with Crippen LogP contribution in [-0.2, 0) is 0 Å². The zero-order valence-electron chi connectivity index (χ0n) is 11.1. The minimum absolute atomic E-state index is 0.0872. The quantitative estimate of drug-likeness (QED) is 0.421. The molecule has 0 radical (unpaired) electrons. The topological polar surface area (TPSA) is 119 Å². The number of aromatic amines is 1. The molecule has 1 aromatic carbocycles. The normalized spacial score (nSPS) is 10.5. The van der Waals surface area contributed by atoms with E-state index >= 15 is 0 Å². The summed E-state index contributed by atoms with van der Waals surface area (Å²) in [6, 6.07) is 6.80. The number of benzene rings is 1. The summed E-state index contributed by atoms with van der Waals surface area (Å²) < 4.78 is 5.06. The van der Waals surface area contributed by atoms with Crippen LogP contribution < -0.4 is 10.2 Å². The van der Waals surface area contributed by atoms with Crippen molar-refractivity contribution in [1.82, 2.24) is 15.2 Å². The summed E-state index contributed by atoms with van der Waals surface area (Å²) in [5.74, 6) is 1.32. The predicted molar refractivity (Wildman–Crippen MR) is 78.6 cm³/mol. The Morgan fingerprint density at radius 3 is 3.24 bits per heavy atom. The summed E-state index contributed by atoms with van der Waals surface area (Å²) >= 11 is 1.22. The third-order valence-electron chi connectivity index (χ3n) is 2.34. The van der Waals surface area contributed by atoms with E-state index in [0.717, 1.165) is 0 Å². The van der Waals surface area contributed by atoms with Crippen molar-refractivity contribution in [2.75, 3.05) is 18.3 Å². The maximum Gasteiger partial charge on any atom is 0.240 e. The first kappa shape index (κ1) is 14.7. The van der Waals surface area contributed by atoms with Crippen molar-refractivity contribution in [3.05, 3.63) is 23.8 Å². The van der Waals surface area contributed by atoms with Gasteiger partial charge in [-0.3, -0.25) is 0 Å². The molecule has 1 aromatic heterocycles. The van der Waals surface area contributed by atoms with E-state index < -0.39 is 0 Å². The Balaban J connectivity index is 1.99. The van der Waals surface area contributed by atoms with E-state index in [1.807, 2.05) is 6.07 Å². The molecular weight excluding hydrogens is 292 g/mol. The van der Waals surface area contributed by atoms with E-state index in [-0.39, 0.29) is 11.5 Å². The Bertz CT molecular complexity index is 679. The van der Waals surface area contributed by atoms with Crippen LogP contribution in [0.4, 0.5) is 5.95 Å². The monoisotopic (exact) mass is 304 g/mol. The second-order valence-electron chi connectivity index (χ2n) is 3.71. The molecule has 2 aromatic rings. The molecule has 0 unspecified atom stereocenters. The molecule has 0 saturated heterocycles. The molecule has 3 N–H and O–H groups in total. The van der Waals surface area contributed by atoms with Gasteiger partial charge >= 0.3 is 0 Å². The molecule has 0 aliphatic heterocycles. The fourth-order valence-corrected chi connectivity index (χ4v) is 1.84. The summed E-state index contributed by atoms with van der Waals surface area (Å²) in [4.78, 5) is 4.07. The molecule has 1 heterocycles. The van der Waals surface area contributed by atoms with Crippen molar-refractivity contribution in [2.45, 2.75) is 5.16 Å². The standard InChI is InChI=1S/C12H12N6O2S/c1-20-9-2-3-10(19)8(6-9)7-14-16-11-15-12(18-17-11)21-5-4-13/h2-3,6-7,19H,5H2,1H3,(H2,15,16,17,18)/b14-7-. The average molecular weight is 304 g/mol. The largest absolute Gasteiger partial charge is 0.507 e. The van der Waals surface area contributed by atoms with Crippen LogP contribution >= 0.6 is 11.8 Å². The Labute approximate surface area is 124 Å². The SMILES string of the molecule is COc1ccc(O)c(/C=N\Nc2nc(SCC#N)n[nH]2)c1. The molecule has 2 rings (SSSR count). The van der Waals surface area contributed by atoms with E-state index in [0.29, 0.717) is 22.4 Å². The van der Waals surface area contributed by atoms with Crippen molar-refractivity contribution >= 4 is 23.9 Å². The lowest BCUT2D eigenvalue weighted by molar-refractivity contribution is 0.412. The van der Waals surface area contributed by atoms with E-state index in [2.05, 4.69) is 25.7 Å². The van der Waals surface area contributed by atoms with Gasteiger partial charge in [0.25, 0.3) is 0 Å². The van der Waals surface area contributed by atoms with Crippen molar-refractivity contribution in [3.8, 4) is 17.6 Å². The molecule has 0 aliphatic carbocycles. The number of methoxy groups -OCH3 is 1. The number of rotatable bonds is 6. The number of H-pyrrole nitrogens is 1. The second kappa shape index (κ2) is 7.16. The van der Waals surface area contributed by atoms with Crippen LogP contribution in [0.3, 0.4) is 0 Å². The third kappa shape index (κ3) is 4.12. The Morgan fingerprint density at radius 2 is 2.48 bits per heavy atom. The Kier molecular flexibility index (Phi) is 5.00. The van der Waals surface area contributed by atoms with Gasteiger partial charge in [0.05, 0.1) is 25.1 Å².